The Morgan fingerprint density at radius 1 is 1.16 bits per heavy atom. The third-order valence-corrected chi connectivity index (χ3v) is 7.63. The summed E-state index contributed by atoms with van der Waals surface area (Å²) in [5.41, 5.74) is 2.02. The Hall–Kier alpha value is -1.74. The lowest BCUT2D eigenvalue weighted by Gasteiger charge is -2.29. The van der Waals surface area contributed by atoms with E-state index in [-0.39, 0.29) is 31.2 Å². The van der Waals surface area contributed by atoms with E-state index in [4.69, 9.17) is 25.8 Å². The molecule has 9 atom stereocenters. The van der Waals surface area contributed by atoms with Crippen molar-refractivity contribution < 1.29 is 34.3 Å². The number of ether oxygens (including phenoxy) is 3. The third-order valence-electron chi connectivity index (χ3n) is 7.20. The average molecular weight is 551 g/mol. The van der Waals surface area contributed by atoms with Gasteiger partial charge in [-0.3, -0.25) is 0 Å². The van der Waals surface area contributed by atoms with Gasteiger partial charge in [0.1, 0.15) is 12.2 Å². The van der Waals surface area contributed by atoms with Crippen molar-refractivity contribution in [1.82, 2.24) is 0 Å². The van der Waals surface area contributed by atoms with Crippen LogP contribution < -0.4 is 0 Å². The van der Waals surface area contributed by atoms with Crippen molar-refractivity contribution in [2.75, 3.05) is 6.61 Å². The van der Waals surface area contributed by atoms with Crippen LogP contribution in [-0.4, -0.2) is 76.0 Å². The lowest BCUT2D eigenvalue weighted by molar-refractivity contribution is -0.148. The Kier molecular flexibility index (Phi) is 12.3. The maximum atomic E-state index is 12.7. The van der Waals surface area contributed by atoms with Crippen LogP contribution in [0.15, 0.2) is 60.3 Å². The lowest BCUT2D eigenvalue weighted by atomic mass is 9.90. The van der Waals surface area contributed by atoms with Gasteiger partial charge in [0.2, 0.25) is 0 Å². The van der Waals surface area contributed by atoms with E-state index in [9.17, 15) is 20.1 Å². The van der Waals surface area contributed by atoms with Crippen LogP contribution in [0.5, 0.6) is 0 Å². The summed E-state index contributed by atoms with van der Waals surface area (Å²) in [5, 5.41) is 31.3. The molecule has 8 heteroatoms. The quantitative estimate of drug-likeness (QED) is 0.273. The Labute approximate surface area is 231 Å². The highest BCUT2D eigenvalue weighted by Crippen LogP contribution is 2.27. The fourth-order valence-electron chi connectivity index (χ4n) is 5.15. The zero-order valence-electron chi connectivity index (χ0n) is 22.5. The zero-order chi connectivity index (χ0) is 27.7. The normalized spacial score (nSPS) is 38.1. The number of carbonyl (C=O) groups is 1. The first-order valence-electron chi connectivity index (χ1n) is 13.6. The molecule has 3 aliphatic rings. The second kappa shape index (κ2) is 15.2. The number of cyclic esters (lactones) is 1. The van der Waals surface area contributed by atoms with Crippen molar-refractivity contribution in [1.29, 1.82) is 0 Å². The molecular formula is C30H43ClO7. The molecule has 0 amide bonds. The van der Waals surface area contributed by atoms with Crippen LogP contribution in [0.4, 0.5) is 0 Å². The van der Waals surface area contributed by atoms with Gasteiger partial charge in [-0.2, -0.15) is 0 Å². The number of aliphatic hydroxyl groups is 3. The molecule has 38 heavy (non-hydrogen) atoms. The summed E-state index contributed by atoms with van der Waals surface area (Å²) < 4.78 is 17.4. The topological polar surface area (TPSA) is 105 Å². The second-order valence-electron chi connectivity index (χ2n) is 10.9. The predicted molar refractivity (Wildman–Crippen MR) is 148 cm³/mol. The molecule has 9 unspecified atom stereocenters. The highest BCUT2D eigenvalue weighted by molar-refractivity contribution is 6.21. The zero-order valence-corrected chi connectivity index (χ0v) is 23.2. The van der Waals surface area contributed by atoms with E-state index in [2.05, 4.69) is 19.6 Å². The minimum atomic E-state index is -1.29. The molecule has 212 valence electrons. The molecule has 0 saturated carbocycles. The van der Waals surface area contributed by atoms with Crippen LogP contribution in [0.2, 0.25) is 0 Å². The fourth-order valence-corrected chi connectivity index (χ4v) is 5.49. The first kappa shape index (κ1) is 30.8. The first-order valence-corrected chi connectivity index (χ1v) is 14.0. The maximum Gasteiger partial charge on any atom is 0.330 e. The van der Waals surface area contributed by atoms with Gasteiger partial charge in [0.25, 0.3) is 0 Å². The number of alkyl halides is 1. The van der Waals surface area contributed by atoms with Gasteiger partial charge in [-0.05, 0) is 51.4 Å². The molecule has 2 bridgehead atoms. The van der Waals surface area contributed by atoms with Crippen LogP contribution in [0, 0.1) is 5.92 Å². The molecule has 3 N–H and O–H groups in total. The second-order valence-corrected chi connectivity index (χ2v) is 11.4. The van der Waals surface area contributed by atoms with Crippen LogP contribution in [0.25, 0.3) is 0 Å². The molecule has 0 fully saturated rings. The van der Waals surface area contributed by atoms with Crippen molar-refractivity contribution >= 4 is 17.6 Å². The smallest absolute Gasteiger partial charge is 0.330 e. The molecule has 0 radical (unpaired) electrons. The summed E-state index contributed by atoms with van der Waals surface area (Å²) in [6, 6.07) is 0. The van der Waals surface area contributed by atoms with Gasteiger partial charge in [-0.1, -0.05) is 61.1 Å². The molecule has 0 aliphatic carbocycles. The van der Waals surface area contributed by atoms with Crippen molar-refractivity contribution in [3.05, 3.63) is 60.3 Å². The SMILES string of the molecule is C=C1CC(C)CC2CC=CC(C/C=C\C(=O)OC(C(O)/C=C/C3CC(C)=CCO3)CC(Cl)C(O)C(O)C1)O2. The van der Waals surface area contributed by atoms with Gasteiger partial charge in [-0.25, -0.2) is 4.79 Å². The number of aliphatic hydroxyl groups excluding tert-OH is 3. The molecule has 0 aromatic rings. The Morgan fingerprint density at radius 3 is 2.71 bits per heavy atom. The summed E-state index contributed by atoms with van der Waals surface area (Å²) in [5.74, 6) is -0.340. The van der Waals surface area contributed by atoms with Gasteiger partial charge < -0.3 is 29.5 Å². The number of hydrogen-bond donors (Lipinski definition) is 3. The summed E-state index contributed by atoms with van der Waals surface area (Å²) >= 11 is 6.49. The minimum absolute atomic E-state index is 0.0612. The summed E-state index contributed by atoms with van der Waals surface area (Å²) in [4.78, 5) is 12.7. The predicted octanol–water partition coefficient (Wildman–Crippen LogP) is 4.31. The Balaban J connectivity index is 1.75. The number of halogens is 1. The molecule has 3 aliphatic heterocycles. The van der Waals surface area contributed by atoms with Crippen molar-refractivity contribution in [3.63, 3.8) is 0 Å². The van der Waals surface area contributed by atoms with Gasteiger partial charge in [-0.15, -0.1) is 11.6 Å². The standard InChI is InChI=1S/C30H43ClO7/c1-19-12-13-36-23(15-19)10-11-26(32)28-18-25(31)30(35)27(33)17-21(3)14-20(2)16-24-8-4-6-22(37-24)7-5-9-29(34)38-28/h4-6,9-12,20,22-28,30,32-33,35H,3,7-8,13-18H2,1-2H3/b9-5-,11-10+. The molecule has 0 aromatic heterocycles. The monoisotopic (exact) mass is 550 g/mol. The van der Waals surface area contributed by atoms with Crippen molar-refractivity contribution in [3.8, 4) is 0 Å². The first-order chi connectivity index (χ1) is 18.1. The Bertz CT molecular complexity index is 910. The maximum absolute atomic E-state index is 12.7. The van der Waals surface area contributed by atoms with Gasteiger partial charge in [0.15, 0.2) is 0 Å². The van der Waals surface area contributed by atoms with E-state index in [1.165, 1.54) is 17.7 Å². The molecule has 0 spiro atoms. The number of esters is 1. The van der Waals surface area contributed by atoms with Crippen LogP contribution in [-0.2, 0) is 19.0 Å². The van der Waals surface area contributed by atoms with Crippen LogP contribution >= 0.6 is 11.6 Å². The largest absolute Gasteiger partial charge is 0.456 e. The highest BCUT2D eigenvalue weighted by Gasteiger charge is 2.32. The van der Waals surface area contributed by atoms with Gasteiger partial charge in [0, 0.05) is 12.5 Å². The summed E-state index contributed by atoms with van der Waals surface area (Å²) in [6.07, 6.45) is 11.3. The molecule has 3 heterocycles. The van der Waals surface area contributed by atoms with E-state index in [1.807, 2.05) is 19.1 Å². The molecule has 0 aromatic carbocycles. The molecular weight excluding hydrogens is 508 g/mol. The van der Waals surface area contributed by atoms with E-state index in [1.54, 1.807) is 12.2 Å². The van der Waals surface area contributed by atoms with Crippen LogP contribution in [0.3, 0.4) is 0 Å². The van der Waals surface area contributed by atoms with E-state index in [0.29, 0.717) is 31.8 Å². The van der Waals surface area contributed by atoms with Crippen LogP contribution in [0.1, 0.15) is 58.8 Å². The van der Waals surface area contributed by atoms with E-state index in [0.717, 1.165) is 18.4 Å². The van der Waals surface area contributed by atoms with Crippen molar-refractivity contribution in [2.45, 2.75) is 107 Å². The van der Waals surface area contributed by atoms with Gasteiger partial charge in [0.05, 0.1) is 42.5 Å². The summed E-state index contributed by atoms with van der Waals surface area (Å²) in [6.45, 7) is 8.74. The average Bonchev–Trinajstić information content (AvgIpc) is 2.85. The Morgan fingerprint density at radius 2 is 1.95 bits per heavy atom. The fraction of sp³-hybridized carbons (Fsp3) is 0.633. The number of hydrogen-bond acceptors (Lipinski definition) is 7. The lowest BCUT2D eigenvalue weighted by Crippen LogP contribution is -2.40. The molecule has 0 saturated heterocycles. The molecule has 7 nitrogen and oxygen atoms in total. The molecule has 3 rings (SSSR count). The van der Waals surface area contributed by atoms with E-state index >= 15 is 0 Å². The highest BCUT2D eigenvalue weighted by atomic mass is 35.5. The van der Waals surface area contributed by atoms with Gasteiger partial charge >= 0.3 is 5.97 Å². The number of rotatable bonds is 3. The number of carbonyl (C=O) groups excluding carboxylic acids is 1. The van der Waals surface area contributed by atoms with Crippen molar-refractivity contribution in [2.24, 2.45) is 5.92 Å². The minimum Gasteiger partial charge on any atom is -0.456 e. The van der Waals surface area contributed by atoms with E-state index < -0.39 is 35.8 Å². The summed E-state index contributed by atoms with van der Waals surface area (Å²) in [7, 11) is 0. The third kappa shape index (κ3) is 10.1. The number of fused-ring (bicyclic) bond motifs is 2.